The number of benzene rings is 2. The molecule has 0 heterocycles. The van der Waals surface area contributed by atoms with E-state index < -0.39 is 36.1 Å². The van der Waals surface area contributed by atoms with Crippen LogP contribution >= 0.6 is 0 Å². The first-order valence-corrected chi connectivity index (χ1v) is 9.06. The zero-order chi connectivity index (χ0) is 22.6. The molecular formula is C23H20F2O5. The van der Waals surface area contributed by atoms with Crippen LogP contribution in [0.3, 0.4) is 0 Å². The lowest BCUT2D eigenvalue weighted by atomic mass is 9.74. The molecule has 0 N–H and O–H groups in total. The number of ketones is 4. The van der Waals surface area contributed by atoms with Gasteiger partial charge in [-0.1, -0.05) is 18.2 Å². The minimum absolute atomic E-state index is 0.0332. The lowest BCUT2D eigenvalue weighted by molar-refractivity contribution is -0.104. The van der Waals surface area contributed by atoms with Crippen molar-refractivity contribution in [2.24, 2.45) is 0 Å². The molecule has 2 aromatic rings. The standard InChI is InChI=1S/C23H20F2O5/c1-13(27)18-6-4-16(8-20(18)14(2)28)23(11-24,12-25)17-5-7-19(22(30)10-26)21(9-17)15(3)29/h4-10H,11-12H2,1-3H3. The van der Waals surface area contributed by atoms with Gasteiger partial charge in [-0.15, -0.1) is 0 Å². The van der Waals surface area contributed by atoms with E-state index in [1.54, 1.807) is 0 Å². The van der Waals surface area contributed by atoms with Gasteiger partial charge in [0, 0.05) is 22.3 Å². The first kappa shape index (κ1) is 22.9. The van der Waals surface area contributed by atoms with Crippen molar-refractivity contribution >= 4 is 29.4 Å². The van der Waals surface area contributed by atoms with Gasteiger partial charge in [-0.05, 0) is 50.1 Å². The first-order valence-electron chi connectivity index (χ1n) is 9.06. The van der Waals surface area contributed by atoms with Gasteiger partial charge < -0.3 is 0 Å². The van der Waals surface area contributed by atoms with Crippen LogP contribution in [0, 0.1) is 0 Å². The number of hydrogen-bond donors (Lipinski definition) is 0. The molecule has 0 aromatic heterocycles. The Morgan fingerprint density at radius 2 is 1.13 bits per heavy atom. The second-order valence-corrected chi connectivity index (χ2v) is 7.02. The summed E-state index contributed by atoms with van der Waals surface area (Å²) >= 11 is 0. The molecule has 0 fully saturated rings. The smallest absolute Gasteiger partial charge is 0.226 e. The van der Waals surface area contributed by atoms with Crippen molar-refractivity contribution in [3.63, 3.8) is 0 Å². The zero-order valence-electron chi connectivity index (χ0n) is 16.8. The summed E-state index contributed by atoms with van der Waals surface area (Å²) in [6.07, 6.45) is 0.0542. The average Bonchev–Trinajstić information content (AvgIpc) is 2.73. The van der Waals surface area contributed by atoms with Crippen molar-refractivity contribution in [1.82, 2.24) is 0 Å². The van der Waals surface area contributed by atoms with Gasteiger partial charge in [-0.2, -0.15) is 0 Å². The van der Waals surface area contributed by atoms with Gasteiger partial charge in [0.05, 0.1) is 5.41 Å². The van der Waals surface area contributed by atoms with Crippen molar-refractivity contribution < 1.29 is 32.8 Å². The fourth-order valence-corrected chi connectivity index (χ4v) is 3.36. The number of rotatable bonds is 9. The first-order chi connectivity index (χ1) is 14.1. The van der Waals surface area contributed by atoms with Crippen LogP contribution < -0.4 is 0 Å². The number of hydrogen-bond acceptors (Lipinski definition) is 5. The summed E-state index contributed by atoms with van der Waals surface area (Å²) in [6, 6.07) is 7.61. The molecule has 0 spiro atoms. The van der Waals surface area contributed by atoms with Gasteiger partial charge in [0.25, 0.3) is 0 Å². The maximum absolute atomic E-state index is 14.3. The molecule has 30 heavy (non-hydrogen) atoms. The van der Waals surface area contributed by atoms with Crippen LogP contribution in [0.25, 0.3) is 0 Å². The highest BCUT2D eigenvalue weighted by molar-refractivity contribution is 6.35. The predicted molar refractivity (Wildman–Crippen MR) is 106 cm³/mol. The molecule has 0 aliphatic carbocycles. The monoisotopic (exact) mass is 414 g/mol. The summed E-state index contributed by atoms with van der Waals surface area (Å²) in [5, 5.41) is 0. The van der Waals surface area contributed by atoms with Crippen LogP contribution in [-0.4, -0.2) is 42.8 Å². The van der Waals surface area contributed by atoms with Crippen LogP contribution in [0.1, 0.15) is 73.3 Å². The van der Waals surface area contributed by atoms with E-state index >= 15 is 0 Å². The van der Waals surface area contributed by atoms with E-state index in [2.05, 4.69) is 0 Å². The number of alkyl halides is 2. The van der Waals surface area contributed by atoms with Gasteiger partial charge in [0.1, 0.15) is 13.3 Å². The second-order valence-electron chi connectivity index (χ2n) is 7.02. The second kappa shape index (κ2) is 8.98. The fourth-order valence-electron chi connectivity index (χ4n) is 3.36. The van der Waals surface area contributed by atoms with E-state index in [0.717, 1.165) is 0 Å². The third kappa shape index (κ3) is 4.01. The average molecular weight is 414 g/mol. The highest BCUT2D eigenvalue weighted by Gasteiger charge is 2.37. The quantitative estimate of drug-likeness (QED) is 0.353. The molecule has 0 bridgehead atoms. The van der Waals surface area contributed by atoms with Gasteiger partial charge in [-0.25, -0.2) is 8.78 Å². The summed E-state index contributed by atoms with van der Waals surface area (Å²) in [7, 11) is 0. The predicted octanol–water partition coefficient (Wildman–Crippen LogP) is 3.90. The molecule has 0 amide bonds. The Hall–Kier alpha value is -3.35. The number of Topliss-reactive ketones (excluding diaryl/α,β-unsaturated/α-hetero) is 4. The lowest BCUT2D eigenvalue weighted by Gasteiger charge is -2.30. The van der Waals surface area contributed by atoms with Crippen molar-refractivity contribution in [3.8, 4) is 0 Å². The molecule has 2 aromatic carbocycles. The molecule has 2 rings (SSSR count). The Kier molecular flexibility index (Phi) is 6.87. The van der Waals surface area contributed by atoms with Crippen LogP contribution in [0.4, 0.5) is 8.78 Å². The number of carbonyl (C=O) groups excluding carboxylic acids is 5. The van der Waals surface area contributed by atoms with Gasteiger partial charge in [0.2, 0.25) is 5.78 Å². The normalized spacial score (nSPS) is 11.1. The molecule has 0 unspecified atom stereocenters. The van der Waals surface area contributed by atoms with Crippen LogP contribution in [0.15, 0.2) is 36.4 Å². The van der Waals surface area contributed by atoms with E-state index in [9.17, 15) is 32.8 Å². The van der Waals surface area contributed by atoms with E-state index in [-0.39, 0.29) is 45.5 Å². The van der Waals surface area contributed by atoms with Crippen molar-refractivity contribution in [2.75, 3.05) is 13.3 Å². The van der Waals surface area contributed by atoms with E-state index in [0.29, 0.717) is 0 Å². The summed E-state index contributed by atoms with van der Waals surface area (Å²) in [4.78, 5) is 58.4. The summed E-state index contributed by atoms with van der Waals surface area (Å²) in [5.74, 6) is -2.29. The van der Waals surface area contributed by atoms with Crippen LogP contribution in [-0.2, 0) is 10.2 Å². The molecule has 0 aliphatic rings. The molecule has 156 valence electrons. The van der Waals surface area contributed by atoms with Crippen molar-refractivity contribution in [1.29, 1.82) is 0 Å². The van der Waals surface area contributed by atoms with Crippen molar-refractivity contribution in [3.05, 3.63) is 69.8 Å². The van der Waals surface area contributed by atoms with E-state index in [1.807, 2.05) is 0 Å². The zero-order valence-corrected chi connectivity index (χ0v) is 16.8. The highest BCUT2D eigenvalue weighted by atomic mass is 19.1. The molecule has 0 saturated carbocycles. The SMILES string of the molecule is CC(=O)c1ccc(C(CF)(CF)c2ccc(C(=O)C=O)c(C(C)=O)c2)cc1C(C)=O. The highest BCUT2D eigenvalue weighted by Crippen LogP contribution is 2.36. The minimum atomic E-state index is -1.87. The lowest BCUT2D eigenvalue weighted by Crippen LogP contribution is -2.34. The Morgan fingerprint density at radius 3 is 1.50 bits per heavy atom. The third-order valence-corrected chi connectivity index (χ3v) is 5.11. The maximum atomic E-state index is 14.3. The summed E-state index contributed by atoms with van der Waals surface area (Å²) in [6.45, 7) is 1.27. The molecule has 5 nitrogen and oxygen atoms in total. The van der Waals surface area contributed by atoms with Crippen LogP contribution in [0.5, 0.6) is 0 Å². The maximum Gasteiger partial charge on any atom is 0.226 e. The van der Waals surface area contributed by atoms with Crippen molar-refractivity contribution in [2.45, 2.75) is 26.2 Å². The topological polar surface area (TPSA) is 85.3 Å². The third-order valence-electron chi connectivity index (χ3n) is 5.11. The molecule has 0 saturated heterocycles. The molecular weight excluding hydrogens is 394 g/mol. The van der Waals surface area contributed by atoms with Crippen LogP contribution in [0.2, 0.25) is 0 Å². The van der Waals surface area contributed by atoms with E-state index in [1.165, 1.54) is 57.2 Å². The van der Waals surface area contributed by atoms with E-state index in [4.69, 9.17) is 0 Å². The molecule has 7 heteroatoms. The molecule has 0 aliphatic heterocycles. The largest absolute Gasteiger partial charge is 0.294 e. The Labute approximate surface area is 172 Å². The van der Waals surface area contributed by atoms with Gasteiger partial charge >= 0.3 is 0 Å². The van der Waals surface area contributed by atoms with Gasteiger partial charge in [0.15, 0.2) is 23.6 Å². The Balaban J connectivity index is 2.79. The Bertz CT molecular complexity index is 1050. The minimum Gasteiger partial charge on any atom is -0.294 e. The summed E-state index contributed by atoms with van der Waals surface area (Å²) < 4.78 is 28.7. The van der Waals surface area contributed by atoms with Gasteiger partial charge in [-0.3, -0.25) is 24.0 Å². The fraction of sp³-hybridized carbons (Fsp3) is 0.261. The number of halogens is 2. The number of carbonyl (C=O) groups is 5. The summed E-state index contributed by atoms with van der Waals surface area (Å²) in [5.41, 5.74) is -1.84. The Morgan fingerprint density at radius 1 is 0.733 bits per heavy atom. The molecule has 0 atom stereocenters. The number of aldehydes is 1. The molecule has 0 radical (unpaired) electrons.